The fraction of sp³-hybridized carbons (Fsp3) is 0.500. The fourth-order valence-corrected chi connectivity index (χ4v) is 0.748. The number of aliphatic hydroxyl groups excluding tert-OH is 1. The van der Waals surface area contributed by atoms with Crippen molar-refractivity contribution in [1.82, 2.24) is 15.0 Å². The third-order valence-corrected chi connectivity index (χ3v) is 1.17. The number of aromatic nitrogens is 3. The maximum Gasteiger partial charge on any atom is 0.222 e. The fourth-order valence-electron chi connectivity index (χ4n) is 0.748. The van der Waals surface area contributed by atoms with Crippen LogP contribution < -0.4 is 5.32 Å². The largest absolute Gasteiger partial charge is 0.394 e. The molecule has 0 saturated heterocycles. The summed E-state index contributed by atoms with van der Waals surface area (Å²) >= 11 is 0. The highest BCUT2D eigenvalue weighted by Crippen LogP contribution is 1.98. The average Bonchev–Trinajstić information content (AvgIpc) is 2.36. The zero-order chi connectivity index (χ0) is 8.97. The normalized spacial score (nSPS) is 9.83. The molecular weight excluding hydrogens is 160 g/mol. The second-order valence-corrected chi connectivity index (χ2v) is 2.27. The summed E-state index contributed by atoms with van der Waals surface area (Å²) in [5, 5.41) is 18.3. The van der Waals surface area contributed by atoms with E-state index in [1.54, 1.807) is 6.20 Å². The highest BCUT2D eigenvalue weighted by molar-refractivity contribution is 5.87. The minimum Gasteiger partial charge on any atom is -0.394 e. The minimum absolute atomic E-state index is 0.00285. The van der Waals surface area contributed by atoms with E-state index in [-0.39, 0.29) is 12.5 Å². The summed E-state index contributed by atoms with van der Waals surface area (Å²) in [5.41, 5.74) is 0. The molecule has 6 heteroatoms. The Morgan fingerprint density at radius 3 is 3.17 bits per heavy atom. The number of aliphatic hydroxyl groups is 1. The average molecular weight is 170 g/mol. The van der Waals surface area contributed by atoms with Crippen molar-refractivity contribution in [2.24, 2.45) is 0 Å². The van der Waals surface area contributed by atoms with Crippen molar-refractivity contribution in [2.75, 3.05) is 11.9 Å². The summed E-state index contributed by atoms with van der Waals surface area (Å²) < 4.78 is 1.45. The summed E-state index contributed by atoms with van der Waals surface area (Å²) in [6, 6.07) is 0. The van der Waals surface area contributed by atoms with Crippen LogP contribution in [0.25, 0.3) is 0 Å². The number of hydrogen-bond acceptors (Lipinski definition) is 4. The Kier molecular flexibility index (Phi) is 2.76. The van der Waals surface area contributed by atoms with Gasteiger partial charge in [-0.3, -0.25) is 4.79 Å². The third kappa shape index (κ3) is 2.31. The van der Waals surface area contributed by atoms with E-state index in [1.807, 2.05) is 0 Å². The number of carbonyl (C=O) groups excluding carboxylic acids is 1. The molecule has 0 radical (unpaired) electrons. The van der Waals surface area contributed by atoms with Gasteiger partial charge >= 0.3 is 0 Å². The number of hydrogen-bond donors (Lipinski definition) is 2. The number of nitrogens with zero attached hydrogens (tertiary/aromatic N) is 3. The molecule has 1 aromatic heterocycles. The lowest BCUT2D eigenvalue weighted by Crippen LogP contribution is -2.05. The molecule has 0 bridgehead atoms. The van der Waals surface area contributed by atoms with Crippen molar-refractivity contribution < 1.29 is 9.90 Å². The molecule has 12 heavy (non-hydrogen) atoms. The minimum atomic E-state index is -0.189. The predicted octanol–water partition coefficient (Wildman–Crippen LogP) is -0.771. The molecule has 0 saturated carbocycles. The Bertz CT molecular complexity index is 270. The molecule has 0 aliphatic heterocycles. The predicted molar refractivity (Wildman–Crippen MR) is 41.4 cm³/mol. The standard InChI is InChI=1S/C6H10N4O2/c1-5(12)7-6-4-10(2-3-11)9-8-6/h4,11H,2-3H2,1H3,(H,7,12). The maximum absolute atomic E-state index is 10.5. The summed E-state index contributed by atoms with van der Waals surface area (Å²) in [4.78, 5) is 10.5. The molecule has 0 unspecified atom stereocenters. The molecule has 0 aliphatic carbocycles. The molecule has 1 heterocycles. The second kappa shape index (κ2) is 3.82. The van der Waals surface area contributed by atoms with Crippen molar-refractivity contribution in [3.05, 3.63) is 6.20 Å². The zero-order valence-corrected chi connectivity index (χ0v) is 6.69. The first-order chi connectivity index (χ1) is 5.72. The van der Waals surface area contributed by atoms with Gasteiger partial charge in [-0.2, -0.15) is 0 Å². The van der Waals surface area contributed by atoms with Crippen LogP contribution in [0, 0.1) is 0 Å². The van der Waals surface area contributed by atoms with Crippen LogP contribution in [0.4, 0.5) is 5.82 Å². The quantitative estimate of drug-likeness (QED) is 0.624. The molecule has 0 aliphatic rings. The number of rotatable bonds is 3. The van der Waals surface area contributed by atoms with Gasteiger partial charge in [-0.05, 0) is 0 Å². The number of amides is 1. The molecular formula is C6H10N4O2. The molecule has 66 valence electrons. The van der Waals surface area contributed by atoms with Crippen LogP contribution in [0.5, 0.6) is 0 Å². The van der Waals surface area contributed by atoms with E-state index in [2.05, 4.69) is 15.6 Å². The third-order valence-electron chi connectivity index (χ3n) is 1.17. The molecule has 0 spiro atoms. The Morgan fingerprint density at radius 1 is 1.83 bits per heavy atom. The van der Waals surface area contributed by atoms with Crippen molar-refractivity contribution in [3.8, 4) is 0 Å². The lowest BCUT2D eigenvalue weighted by molar-refractivity contribution is -0.114. The van der Waals surface area contributed by atoms with E-state index in [9.17, 15) is 4.79 Å². The van der Waals surface area contributed by atoms with Gasteiger partial charge in [-0.15, -0.1) is 5.10 Å². The van der Waals surface area contributed by atoms with Crippen molar-refractivity contribution in [2.45, 2.75) is 13.5 Å². The highest BCUT2D eigenvalue weighted by atomic mass is 16.3. The summed E-state index contributed by atoms with van der Waals surface area (Å²) in [6.07, 6.45) is 1.55. The SMILES string of the molecule is CC(=O)Nc1cn(CCO)nn1. The maximum atomic E-state index is 10.5. The highest BCUT2D eigenvalue weighted by Gasteiger charge is 2.00. The molecule has 0 aromatic carbocycles. The zero-order valence-electron chi connectivity index (χ0n) is 6.69. The van der Waals surface area contributed by atoms with Gasteiger partial charge in [0.2, 0.25) is 5.91 Å². The topological polar surface area (TPSA) is 80.0 Å². The van der Waals surface area contributed by atoms with E-state index in [0.29, 0.717) is 12.4 Å². The van der Waals surface area contributed by atoms with Crippen LogP contribution in [0.1, 0.15) is 6.92 Å². The van der Waals surface area contributed by atoms with Crippen LogP contribution in [-0.2, 0) is 11.3 Å². The van der Waals surface area contributed by atoms with E-state index in [4.69, 9.17) is 5.11 Å². The van der Waals surface area contributed by atoms with Gasteiger partial charge < -0.3 is 10.4 Å². The van der Waals surface area contributed by atoms with Gasteiger partial charge in [0.25, 0.3) is 0 Å². The Morgan fingerprint density at radius 2 is 2.58 bits per heavy atom. The van der Waals surface area contributed by atoms with E-state index < -0.39 is 0 Å². The summed E-state index contributed by atoms with van der Waals surface area (Å²) in [7, 11) is 0. The van der Waals surface area contributed by atoms with Crippen LogP contribution in [0.2, 0.25) is 0 Å². The van der Waals surface area contributed by atoms with E-state index in [0.717, 1.165) is 0 Å². The first-order valence-electron chi connectivity index (χ1n) is 3.51. The molecule has 0 fully saturated rings. The number of nitrogens with one attached hydrogen (secondary N) is 1. The Labute approximate surface area is 69.2 Å². The second-order valence-electron chi connectivity index (χ2n) is 2.27. The molecule has 1 amide bonds. The number of anilines is 1. The van der Waals surface area contributed by atoms with Gasteiger partial charge in [0.05, 0.1) is 19.3 Å². The van der Waals surface area contributed by atoms with E-state index in [1.165, 1.54) is 11.6 Å². The monoisotopic (exact) mass is 170 g/mol. The van der Waals surface area contributed by atoms with Crippen LogP contribution in [0.3, 0.4) is 0 Å². The van der Waals surface area contributed by atoms with E-state index >= 15 is 0 Å². The van der Waals surface area contributed by atoms with Gasteiger partial charge in [0.1, 0.15) is 0 Å². The van der Waals surface area contributed by atoms with Crippen LogP contribution in [-0.4, -0.2) is 32.6 Å². The number of carbonyl (C=O) groups is 1. The molecule has 1 rings (SSSR count). The summed E-state index contributed by atoms with van der Waals surface area (Å²) in [6.45, 7) is 1.78. The lowest BCUT2D eigenvalue weighted by Gasteiger charge is -1.93. The molecule has 0 atom stereocenters. The van der Waals surface area contributed by atoms with Crippen molar-refractivity contribution in [3.63, 3.8) is 0 Å². The van der Waals surface area contributed by atoms with Crippen molar-refractivity contribution in [1.29, 1.82) is 0 Å². The molecule has 1 aromatic rings. The first-order valence-corrected chi connectivity index (χ1v) is 3.51. The molecule has 2 N–H and O–H groups in total. The first kappa shape index (κ1) is 8.66. The summed E-state index contributed by atoms with van der Waals surface area (Å²) in [5.74, 6) is 0.210. The van der Waals surface area contributed by atoms with Gasteiger partial charge in [0, 0.05) is 6.92 Å². The van der Waals surface area contributed by atoms with Gasteiger partial charge in [0.15, 0.2) is 5.82 Å². The van der Waals surface area contributed by atoms with Crippen LogP contribution in [0.15, 0.2) is 6.20 Å². The van der Waals surface area contributed by atoms with Gasteiger partial charge in [-0.1, -0.05) is 5.21 Å². The Hall–Kier alpha value is -1.43. The van der Waals surface area contributed by atoms with Crippen molar-refractivity contribution >= 4 is 11.7 Å². The van der Waals surface area contributed by atoms with Gasteiger partial charge in [-0.25, -0.2) is 4.68 Å². The van der Waals surface area contributed by atoms with Crippen LogP contribution >= 0.6 is 0 Å². The lowest BCUT2D eigenvalue weighted by atomic mass is 10.6. The smallest absolute Gasteiger partial charge is 0.222 e. The Balaban J connectivity index is 2.58. The molecule has 6 nitrogen and oxygen atoms in total.